The zero-order chi connectivity index (χ0) is 22.7. The monoisotopic (exact) mass is 467 g/mol. The molecular formula is C20H23Cl2N5O4. The highest BCUT2D eigenvalue weighted by molar-refractivity contribution is 6.42. The molecule has 3 N–H and O–H groups in total. The molecule has 1 aromatic heterocycles. The molecule has 3 amide bonds. The molecule has 0 radical (unpaired) electrons. The van der Waals surface area contributed by atoms with E-state index in [0.29, 0.717) is 22.9 Å². The van der Waals surface area contributed by atoms with Gasteiger partial charge in [-0.3, -0.25) is 14.4 Å². The topological polar surface area (TPSA) is 122 Å². The van der Waals surface area contributed by atoms with Crippen molar-refractivity contribution in [3.8, 4) is 0 Å². The van der Waals surface area contributed by atoms with Gasteiger partial charge >= 0.3 is 0 Å². The third kappa shape index (κ3) is 4.68. The van der Waals surface area contributed by atoms with Crippen LogP contribution in [0.1, 0.15) is 38.6 Å². The van der Waals surface area contributed by atoms with Gasteiger partial charge in [0.1, 0.15) is 11.3 Å². The quantitative estimate of drug-likeness (QED) is 0.692. The Bertz CT molecular complexity index is 990. The molecule has 2 aromatic rings. The average molecular weight is 468 g/mol. The normalized spacial score (nSPS) is 16.4. The summed E-state index contributed by atoms with van der Waals surface area (Å²) < 4.78 is 5.11. The summed E-state index contributed by atoms with van der Waals surface area (Å²) in [5.74, 6) is -1.03. The molecule has 0 bridgehead atoms. The molecule has 1 aliphatic rings. The van der Waals surface area contributed by atoms with E-state index < -0.39 is 23.9 Å². The number of halogens is 2. The van der Waals surface area contributed by atoms with E-state index in [4.69, 9.17) is 33.5 Å². The van der Waals surface area contributed by atoms with Gasteiger partial charge in [0, 0.05) is 31.7 Å². The number of hydrogen-bond acceptors (Lipinski definition) is 6. The van der Waals surface area contributed by atoms with Gasteiger partial charge in [-0.05, 0) is 38.5 Å². The summed E-state index contributed by atoms with van der Waals surface area (Å²) in [6, 6.07) is 4.48. The number of aromatic nitrogens is 1. The van der Waals surface area contributed by atoms with Crippen LogP contribution in [0, 0.1) is 13.8 Å². The smallest absolute Gasteiger partial charge is 0.263 e. The Hall–Kier alpha value is -2.62. The molecule has 1 aromatic carbocycles. The Morgan fingerprint density at radius 1 is 1.16 bits per heavy atom. The molecule has 3 rings (SSSR count). The number of aryl methyl sites for hydroxylation is 2. The van der Waals surface area contributed by atoms with Crippen molar-refractivity contribution in [2.24, 2.45) is 5.73 Å². The summed E-state index contributed by atoms with van der Waals surface area (Å²) in [5.41, 5.74) is 6.46. The van der Waals surface area contributed by atoms with Gasteiger partial charge in [0.05, 0.1) is 15.7 Å². The van der Waals surface area contributed by atoms with Crippen LogP contribution in [0.4, 0.5) is 0 Å². The van der Waals surface area contributed by atoms with Crippen LogP contribution in [0.3, 0.4) is 0 Å². The van der Waals surface area contributed by atoms with Crippen LogP contribution in [-0.4, -0.2) is 65.0 Å². The molecule has 31 heavy (non-hydrogen) atoms. The number of carbonyl (C=O) groups excluding carboxylic acids is 3. The summed E-state index contributed by atoms with van der Waals surface area (Å²) >= 11 is 12.0. The largest absolute Gasteiger partial charge is 0.361 e. The molecule has 1 unspecified atom stereocenters. The number of amides is 3. The second kappa shape index (κ2) is 9.67. The van der Waals surface area contributed by atoms with Gasteiger partial charge < -0.3 is 25.4 Å². The highest BCUT2D eigenvalue weighted by atomic mass is 35.5. The zero-order valence-electron chi connectivity index (χ0n) is 17.2. The number of nitrogens with two attached hydrogens (primary N) is 1. The molecule has 9 nitrogen and oxygen atoms in total. The van der Waals surface area contributed by atoms with Crippen molar-refractivity contribution < 1.29 is 18.9 Å². The maximum absolute atomic E-state index is 13.3. The minimum atomic E-state index is -1.16. The fourth-order valence-corrected chi connectivity index (χ4v) is 3.84. The van der Waals surface area contributed by atoms with Crippen LogP contribution in [0.15, 0.2) is 22.7 Å². The molecule has 2 heterocycles. The van der Waals surface area contributed by atoms with E-state index in [0.717, 1.165) is 0 Å². The Kier molecular flexibility index (Phi) is 7.19. The third-order valence-corrected chi connectivity index (χ3v) is 5.74. The van der Waals surface area contributed by atoms with Gasteiger partial charge in [-0.15, -0.1) is 0 Å². The summed E-state index contributed by atoms with van der Waals surface area (Å²) in [6.07, 6.45) is -0.675. The van der Waals surface area contributed by atoms with Crippen LogP contribution in [-0.2, 0) is 4.79 Å². The summed E-state index contributed by atoms with van der Waals surface area (Å²) in [5, 5.41) is 7.03. The van der Waals surface area contributed by atoms with E-state index in [2.05, 4.69) is 10.5 Å². The van der Waals surface area contributed by atoms with Crippen LogP contribution in [0.2, 0.25) is 10.0 Å². The van der Waals surface area contributed by atoms with E-state index in [1.54, 1.807) is 13.8 Å². The molecule has 11 heteroatoms. The predicted molar refractivity (Wildman–Crippen MR) is 115 cm³/mol. The van der Waals surface area contributed by atoms with Crippen LogP contribution >= 0.6 is 23.2 Å². The van der Waals surface area contributed by atoms with E-state index >= 15 is 0 Å². The van der Waals surface area contributed by atoms with Crippen LogP contribution < -0.4 is 11.1 Å². The van der Waals surface area contributed by atoms with Crippen LogP contribution in [0.25, 0.3) is 0 Å². The Morgan fingerprint density at radius 3 is 2.42 bits per heavy atom. The number of benzene rings is 1. The van der Waals surface area contributed by atoms with E-state index in [1.165, 1.54) is 28.0 Å². The molecule has 166 valence electrons. The lowest BCUT2D eigenvalue weighted by atomic mass is 10.1. The molecule has 1 aliphatic heterocycles. The van der Waals surface area contributed by atoms with E-state index in [1.807, 2.05) is 0 Å². The van der Waals surface area contributed by atoms with Crippen molar-refractivity contribution in [1.82, 2.24) is 20.3 Å². The second-order valence-corrected chi connectivity index (χ2v) is 7.95. The second-order valence-electron chi connectivity index (χ2n) is 7.13. The van der Waals surface area contributed by atoms with Crippen molar-refractivity contribution in [3.63, 3.8) is 0 Å². The first-order chi connectivity index (χ1) is 14.8. The maximum Gasteiger partial charge on any atom is 0.263 e. The minimum Gasteiger partial charge on any atom is -0.361 e. The first-order valence-electron chi connectivity index (χ1n) is 9.74. The van der Waals surface area contributed by atoms with Crippen molar-refractivity contribution in [3.05, 3.63) is 50.8 Å². The fourth-order valence-electron chi connectivity index (χ4n) is 3.55. The number of carbonyl (C=O) groups is 3. The fraction of sp³-hybridized carbons (Fsp3) is 0.400. The first kappa shape index (κ1) is 23.1. The standard InChI is InChI=1S/C20H23Cl2N5O4/c1-11-16(12(2)31-25-11)20(30)27-9-3-8-26(18(27)17(28)24-7-6-23)19(29)13-4-5-14(21)15(22)10-13/h4-5,10,18H,3,6-9,23H2,1-2H3,(H,24,28). The van der Waals surface area contributed by atoms with Gasteiger partial charge in [-0.2, -0.15) is 0 Å². The number of rotatable bonds is 5. The lowest BCUT2D eigenvalue weighted by Crippen LogP contribution is -2.63. The number of nitrogens with one attached hydrogen (secondary N) is 1. The Morgan fingerprint density at radius 2 is 1.84 bits per heavy atom. The molecule has 1 fully saturated rings. The lowest BCUT2D eigenvalue weighted by molar-refractivity contribution is -0.132. The van der Waals surface area contributed by atoms with E-state index in [-0.39, 0.29) is 42.3 Å². The highest BCUT2D eigenvalue weighted by Crippen LogP contribution is 2.26. The molecule has 1 saturated heterocycles. The highest BCUT2D eigenvalue weighted by Gasteiger charge is 2.41. The Labute approximate surface area is 189 Å². The van der Waals surface area contributed by atoms with Gasteiger partial charge in [0.15, 0.2) is 6.17 Å². The minimum absolute atomic E-state index is 0.206. The number of hydrogen-bond donors (Lipinski definition) is 2. The van der Waals surface area contributed by atoms with Gasteiger partial charge in [0.25, 0.3) is 17.7 Å². The predicted octanol–water partition coefficient (Wildman–Crippen LogP) is 1.99. The molecule has 1 atom stereocenters. The third-order valence-electron chi connectivity index (χ3n) is 5.00. The SMILES string of the molecule is Cc1noc(C)c1C(=O)N1CCCN(C(=O)c2ccc(Cl)c(Cl)c2)C1C(=O)NCCN. The molecular weight excluding hydrogens is 445 g/mol. The Balaban J connectivity index is 1.99. The molecule has 0 aliphatic carbocycles. The lowest BCUT2D eigenvalue weighted by Gasteiger charge is -2.42. The van der Waals surface area contributed by atoms with Gasteiger partial charge in [0.2, 0.25) is 0 Å². The van der Waals surface area contributed by atoms with Crippen molar-refractivity contribution in [2.75, 3.05) is 26.2 Å². The average Bonchev–Trinajstić information content (AvgIpc) is 3.10. The van der Waals surface area contributed by atoms with E-state index in [9.17, 15) is 14.4 Å². The zero-order valence-corrected chi connectivity index (χ0v) is 18.7. The van der Waals surface area contributed by atoms with Crippen LogP contribution in [0.5, 0.6) is 0 Å². The molecule has 0 saturated carbocycles. The van der Waals surface area contributed by atoms with Gasteiger partial charge in [-0.1, -0.05) is 28.4 Å². The maximum atomic E-state index is 13.3. The molecule has 0 spiro atoms. The van der Waals surface area contributed by atoms with Gasteiger partial charge in [-0.25, -0.2) is 0 Å². The van der Waals surface area contributed by atoms with Crippen molar-refractivity contribution in [1.29, 1.82) is 0 Å². The van der Waals surface area contributed by atoms with Crippen molar-refractivity contribution in [2.45, 2.75) is 26.4 Å². The summed E-state index contributed by atoms with van der Waals surface area (Å²) in [7, 11) is 0. The van der Waals surface area contributed by atoms with Crippen molar-refractivity contribution >= 4 is 40.9 Å². The summed E-state index contributed by atoms with van der Waals surface area (Å²) in [6.45, 7) is 4.27. The summed E-state index contributed by atoms with van der Waals surface area (Å²) in [4.78, 5) is 42.4. The number of nitrogens with zero attached hydrogens (tertiary/aromatic N) is 3. The first-order valence-corrected chi connectivity index (χ1v) is 10.5.